The van der Waals surface area contributed by atoms with Crippen LogP contribution >= 0.6 is 0 Å². The molecule has 0 rings (SSSR count). The van der Waals surface area contributed by atoms with Gasteiger partial charge in [0, 0.05) is 19.3 Å². The Kier molecular flexibility index (Phi) is 53.4. The van der Waals surface area contributed by atoms with Gasteiger partial charge in [-0.2, -0.15) is 0 Å². The van der Waals surface area contributed by atoms with E-state index in [4.69, 9.17) is 14.2 Å². The first kappa shape index (κ1) is 64.6. The fraction of sp³-hybridized carbons (Fsp3) is 0.726. The highest BCUT2D eigenvalue weighted by atomic mass is 16.6. The fourth-order valence-corrected chi connectivity index (χ4v) is 7.83. The van der Waals surface area contributed by atoms with Gasteiger partial charge >= 0.3 is 17.9 Å². The Morgan fingerprint density at radius 2 is 0.603 bits per heavy atom. The van der Waals surface area contributed by atoms with Gasteiger partial charge in [0.2, 0.25) is 0 Å². The SMILES string of the molecule is CC/C=C/C/C=C/C/C=C/C/C=C/CCCCCCCCC(=O)OCC(COC(=O)CC/C=C/C/C=C/CCCCCCCC)OC(=O)CCCCCCC/C=C/CCCCCCCCCCC. The van der Waals surface area contributed by atoms with Crippen LogP contribution in [0.15, 0.2) is 85.1 Å². The number of allylic oxidation sites excluding steroid dienone is 14. The molecule has 0 bridgehead atoms. The van der Waals surface area contributed by atoms with Crippen molar-refractivity contribution in [3.8, 4) is 0 Å². The summed E-state index contributed by atoms with van der Waals surface area (Å²) in [5.74, 6) is -0.991. The zero-order valence-corrected chi connectivity index (χ0v) is 44.6. The average Bonchev–Trinajstić information content (AvgIpc) is 3.34. The monoisotopic (exact) mass is 947 g/mol. The molecule has 6 nitrogen and oxygen atoms in total. The van der Waals surface area contributed by atoms with Crippen LogP contribution in [0.3, 0.4) is 0 Å². The van der Waals surface area contributed by atoms with Crippen LogP contribution in [0.25, 0.3) is 0 Å². The number of carbonyl (C=O) groups is 3. The predicted molar refractivity (Wildman–Crippen MR) is 293 cm³/mol. The summed E-state index contributed by atoms with van der Waals surface area (Å²) >= 11 is 0. The molecule has 0 saturated heterocycles. The Hall–Kier alpha value is -3.41. The summed E-state index contributed by atoms with van der Waals surface area (Å²) in [5.41, 5.74) is 0. The van der Waals surface area contributed by atoms with Crippen molar-refractivity contribution < 1.29 is 28.6 Å². The van der Waals surface area contributed by atoms with E-state index in [1.54, 1.807) is 0 Å². The van der Waals surface area contributed by atoms with E-state index in [0.29, 0.717) is 19.3 Å². The van der Waals surface area contributed by atoms with Gasteiger partial charge in [0.1, 0.15) is 13.2 Å². The largest absolute Gasteiger partial charge is 0.462 e. The minimum absolute atomic E-state index is 0.104. The van der Waals surface area contributed by atoms with Gasteiger partial charge in [-0.25, -0.2) is 0 Å². The molecule has 1 unspecified atom stereocenters. The zero-order chi connectivity index (χ0) is 49.3. The lowest BCUT2D eigenvalue weighted by molar-refractivity contribution is -0.166. The maximum atomic E-state index is 12.8. The number of ether oxygens (including phenoxy) is 3. The predicted octanol–water partition coefficient (Wildman–Crippen LogP) is 19.2. The van der Waals surface area contributed by atoms with Crippen LogP contribution in [-0.2, 0) is 28.6 Å². The highest BCUT2D eigenvalue weighted by Gasteiger charge is 2.19. The minimum Gasteiger partial charge on any atom is -0.462 e. The van der Waals surface area contributed by atoms with Crippen LogP contribution in [0.5, 0.6) is 0 Å². The normalized spacial score (nSPS) is 12.7. The average molecular weight is 948 g/mol. The van der Waals surface area contributed by atoms with E-state index in [2.05, 4.69) is 99.8 Å². The van der Waals surface area contributed by atoms with E-state index in [9.17, 15) is 14.4 Å². The molecule has 0 fully saturated rings. The summed E-state index contributed by atoms with van der Waals surface area (Å²) < 4.78 is 16.8. The van der Waals surface area contributed by atoms with Crippen molar-refractivity contribution >= 4 is 17.9 Å². The van der Waals surface area contributed by atoms with Gasteiger partial charge < -0.3 is 14.2 Å². The molecular formula is C62H106O6. The smallest absolute Gasteiger partial charge is 0.306 e. The second-order valence-corrected chi connectivity index (χ2v) is 18.8. The molecule has 6 heteroatoms. The van der Waals surface area contributed by atoms with Crippen LogP contribution in [-0.4, -0.2) is 37.2 Å². The van der Waals surface area contributed by atoms with Crippen molar-refractivity contribution in [1.29, 1.82) is 0 Å². The number of rotatable bonds is 51. The molecule has 0 heterocycles. The lowest BCUT2D eigenvalue weighted by Crippen LogP contribution is -2.30. The summed E-state index contributed by atoms with van der Waals surface area (Å²) in [6, 6.07) is 0. The van der Waals surface area contributed by atoms with Crippen molar-refractivity contribution in [3.63, 3.8) is 0 Å². The molecule has 0 aromatic rings. The lowest BCUT2D eigenvalue weighted by Gasteiger charge is -2.18. The van der Waals surface area contributed by atoms with Crippen molar-refractivity contribution in [2.24, 2.45) is 0 Å². The molecule has 0 N–H and O–H groups in total. The first-order valence-electron chi connectivity index (χ1n) is 28.6. The van der Waals surface area contributed by atoms with Gasteiger partial charge in [-0.15, -0.1) is 0 Å². The van der Waals surface area contributed by atoms with Gasteiger partial charge in [0.25, 0.3) is 0 Å². The summed E-state index contributed by atoms with van der Waals surface area (Å²) in [7, 11) is 0. The number of unbranched alkanes of at least 4 members (excludes halogenated alkanes) is 26. The van der Waals surface area contributed by atoms with E-state index in [-0.39, 0.29) is 37.5 Å². The van der Waals surface area contributed by atoms with Gasteiger partial charge in [0.15, 0.2) is 6.10 Å². The molecule has 0 aliphatic heterocycles. The van der Waals surface area contributed by atoms with Crippen molar-refractivity contribution in [3.05, 3.63) is 85.1 Å². The summed E-state index contributed by atoms with van der Waals surface area (Å²) in [4.78, 5) is 38.1. The number of carbonyl (C=O) groups excluding carboxylic acids is 3. The molecule has 1 atom stereocenters. The molecule has 0 aliphatic rings. The highest BCUT2D eigenvalue weighted by molar-refractivity contribution is 5.71. The molecule has 0 radical (unpaired) electrons. The zero-order valence-electron chi connectivity index (χ0n) is 44.6. The highest BCUT2D eigenvalue weighted by Crippen LogP contribution is 2.14. The first-order chi connectivity index (χ1) is 33.5. The number of hydrogen-bond acceptors (Lipinski definition) is 6. The van der Waals surface area contributed by atoms with E-state index >= 15 is 0 Å². The second-order valence-electron chi connectivity index (χ2n) is 18.8. The van der Waals surface area contributed by atoms with Gasteiger partial charge in [0.05, 0.1) is 0 Å². The Bertz CT molecular complexity index is 1320. The minimum atomic E-state index is -0.810. The van der Waals surface area contributed by atoms with Crippen molar-refractivity contribution in [2.45, 2.75) is 277 Å². The van der Waals surface area contributed by atoms with Crippen LogP contribution < -0.4 is 0 Å². The molecule has 390 valence electrons. The van der Waals surface area contributed by atoms with Gasteiger partial charge in [-0.3, -0.25) is 14.4 Å². The molecule has 0 saturated carbocycles. The Morgan fingerprint density at radius 3 is 1.00 bits per heavy atom. The van der Waals surface area contributed by atoms with Crippen molar-refractivity contribution in [2.75, 3.05) is 13.2 Å². The first-order valence-corrected chi connectivity index (χ1v) is 28.6. The van der Waals surface area contributed by atoms with Gasteiger partial charge in [-0.05, 0) is 103 Å². The third-order valence-electron chi connectivity index (χ3n) is 12.1. The molecule has 68 heavy (non-hydrogen) atoms. The standard InChI is InChI=1S/C62H106O6/c1-4-7-10-13-16-19-22-25-27-29-31-33-34-37-40-43-46-49-52-55-61(64)67-58-59(57-66-60(63)54-51-48-45-42-39-36-24-21-18-15-12-9-6-3)68-62(65)56-53-50-47-44-41-38-35-32-30-28-26-23-20-17-14-11-8-5-2/h7,10,16,19,25,27,31-33,35-36,39,45,48,59H,4-6,8-9,11-15,17-18,20-24,26,28-30,34,37-38,40-44,46-47,49-58H2,1-3H3/b10-7+,19-16+,27-25+,33-31+,35-32+,39-36+,48-45+. The Balaban J connectivity index is 4.45. The Labute approximate surface area is 420 Å². The number of esters is 3. The summed E-state index contributed by atoms with van der Waals surface area (Å²) in [6.45, 7) is 6.46. The molecular weight excluding hydrogens is 841 g/mol. The second kappa shape index (κ2) is 56.2. The summed E-state index contributed by atoms with van der Waals surface area (Å²) in [6.07, 6.45) is 73.0. The van der Waals surface area contributed by atoms with Gasteiger partial charge in [-0.1, -0.05) is 234 Å². The lowest BCUT2D eigenvalue weighted by atomic mass is 10.1. The van der Waals surface area contributed by atoms with Crippen LogP contribution in [0, 0.1) is 0 Å². The molecule has 0 aromatic heterocycles. The van der Waals surface area contributed by atoms with Crippen molar-refractivity contribution in [1.82, 2.24) is 0 Å². The fourth-order valence-electron chi connectivity index (χ4n) is 7.83. The molecule has 0 aliphatic carbocycles. The maximum absolute atomic E-state index is 12.8. The summed E-state index contributed by atoms with van der Waals surface area (Å²) in [5, 5.41) is 0. The quantitative estimate of drug-likeness (QED) is 0.0262. The van der Waals surface area contributed by atoms with E-state index in [1.165, 1.54) is 122 Å². The Morgan fingerprint density at radius 1 is 0.309 bits per heavy atom. The third kappa shape index (κ3) is 53.5. The van der Waals surface area contributed by atoms with Crippen LogP contribution in [0.4, 0.5) is 0 Å². The molecule has 0 spiro atoms. The molecule has 0 aromatic carbocycles. The van der Waals surface area contributed by atoms with E-state index < -0.39 is 6.10 Å². The molecule has 0 amide bonds. The van der Waals surface area contributed by atoms with E-state index in [0.717, 1.165) is 103 Å². The topological polar surface area (TPSA) is 78.9 Å². The third-order valence-corrected chi connectivity index (χ3v) is 12.1. The van der Waals surface area contributed by atoms with Crippen LogP contribution in [0.2, 0.25) is 0 Å². The van der Waals surface area contributed by atoms with Crippen LogP contribution in [0.1, 0.15) is 271 Å². The van der Waals surface area contributed by atoms with E-state index in [1.807, 2.05) is 6.08 Å². The number of hydrogen-bond donors (Lipinski definition) is 0. The maximum Gasteiger partial charge on any atom is 0.306 e.